The second-order valence-electron chi connectivity index (χ2n) is 17.2. The van der Waals surface area contributed by atoms with Crippen molar-refractivity contribution in [2.24, 2.45) is 5.41 Å². The Morgan fingerprint density at radius 1 is 0.891 bits per heavy atom. The standard InChI is InChI=1S/C43H50ClFN4O4SSi/c1-42(2,3)29-54(51,52)34-24-33-26-46-39(21-22-53-55(43(4,5)6,35-13-9-7-10-14-35)36-15-11-8-12-16-36)49(33)40(25-34)48-31-18-19-32(48)28-47(27-31)41(50)37-20-17-30(45)23-38(37)44/h7-17,20,23-26,31-32H,18-19,21-22,27-29H2,1-6H3. The Morgan fingerprint density at radius 2 is 1.49 bits per heavy atom. The van der Waals surface area contributed by atoms with Gasteiger partial charge in [0.15, 0.2) is 9.84 Å². The van der Waals surface area contributed by atoms with Gasteiger partial charge in [-0.15, -0.1) is 0 Å². The van der Waals surface area contributed by atoms with Gasteiger partial charge in [-0.05, 0) is 64.0 Å². The lowest BCUT2D eigenvalue weighted by atomic mass is 10.0. The van der Waals surface area contributed by atoms with E-state index in [9.17, 15) is 17.6 Å². The maximum atomic E-state index is 14.0. The molecule has 1 amide bonds. The molecule has 0 saturated carbocycles. The summed E-state index contributed by atoms with van der Waals surface area (Å²) in [6.45, 7) is 13.8. The summed E-state index contributed by atoms with van der Waals surface area (Å²) in [6, 6.07) is 28.3. The number of anilines is 1. The van der Waals surface area contributed by atoms with Crippen LogP contribution in [-0.4, -0.2) is 74.5 Å². The lowest BCUT2D eigenvalue weighted by molar-refractivity contribution is 0.0717. The summed E-state index contributed by atoms with van der Waals surface area (Å²) in [4.78, 5) is 23.0. The molecule has 12 heteroatoms. The number of benzene rings is 3. The van der Waals surface area contributed by atoms with Crippen LogP contribution in [-0.2, 0) is 20.7 Å². The molecule has 0 N–H and O–H groups in total. The number of carbonyl (C=O) groups excluding carboxylic acids is 1. The van der Waals surface area contributed by atoms with Crippen LogP contribution in [0, 0.1) is 11.2 Å². The Hall–Kier alpha value is -4.03. The van der Waals surface area contributed by atoms with Crippen molar-refractivity contribution in [3.8, 4) is 0 Å². The zero-order valence-corrected chi connectivity index (χ0v) is 35.0. The van der Waals surface area contributed by atoms with Crippen molar-refractivity contribution >= 4 is 57.4 Å². The maximum absolute atomic E-state index is 14.0. The quantitative estimate of drug-likeness (QED) is 0.136. The molecule has 2 saturated heterocycles. The van der Waals surface area contributed by atoms with Gasteiger partial charge in [0, 0.05) is 38.2 Å². The summed E-state index contributed by atoms with van der Waals surface area (Å²) in [5.74, 6) is 0.791. The zero-order valence-electron chi connectivity index (χ0n) is 32.4. The van der Waals surface area contributed by atoms with Gasteiger partial charge in [0.2, 0.25) is 0 Å². The predicted molar refractivity (Wildman–Crippen MR) is 221 cm³/mol. The van der Waals surface area contributed by atoms with Gasteiger partial charge in [-0.1, -0.05) is 114 Å². The topological polar surface area (TPSA) is 84.2 Å². The number of imidazole rings is 1. The largest absolute Gasteiger partial charge is 0.407 e. The molecule has 2 fully saturated rings. The molecule has 2 unspecified atom stereocenters. The third-order valence-corrected chi connectivity index (χ3v) is 18.4. The SMILES string of the molecule is CC(C)(C)CS(=O)(=O)c1cc(N2C3CCC2CN(C(=O)c2ccc(F)cc2Cl)C3)n2c(CCO[Si](c3ccccc3)(c3ccccc3)C(C)(C)C)ncc2c1. The van der Waals surface area contributed by atoms with Crippen LogP contribution in [0.4, 0.5) is 10.2 Å². The monoisotopic (exact) mass is 800 g/mol. The van der Waals surface area contributed by atoms with Gasteiger partial charge in [-0.3, -0.25) is 9.20 Å². The van der Waals surface area contributed by atoms with E-state index in [0.717, 1.165) is 30.6 Å². The number of likely N-dealkylation sites (tertiary alicyclic amines) is 1. The highest BCUT2D eigenvalue weighted by atomic mass is 35.5. The molecule has 0 spiro atoms. The highest BCUT2D eigenvalue weighted by molar-refractivity contribution is 7.91. The number of sulfone groups is 1. The van der Waals surface area contributed by atoms with Crippen molar-refractivity contribution in [2.75, 3.05) is 30.3 Å². The van der Waals surface area contributed by atoms with Crippen LogP contribution >= 0.6 is 11.6 Å². The van der Waals surface area contributed by atoms with Crippen LogP contribution in [0.2, 0.25) is 10.1 Å². The van der Waals surface area contributed by atoms with Crippen LogP contribution in [0.15, 0.2) is 102 Å². The summed E-state index contributed by atoms with van der Waals surface area (Å²) in [5, 5.41) is 2.28. The first-order valence-corrected chi connectivity index (χ1v) is 22.9. The van der Waals surface area contributed by atoms with E-state index in [-0.39, 0.29) is 44.3 Å². The van der Waals surface area contributed by atoms with E-state index >= 15 is 0 Å². The van der Waals surface area contributed by atoms with E-state index in [1.54, 1.807) is 17.2 Å². The third-order valence-electron chi connectivity index (χ3n) is 10.9. The van der Waals surface area contributed by atoms with Gasteiger partial charge < -0.3 is 14.2 Å². The number of hydrogen-bond donors (Lipinski definition) is 0. The lowest BCUT2D eigenvalue weighted by Crippen LogP contribution is -2.66. The Bertz CT molecular complexity index is 2250. The number of rotatable bonds is 10. The van der Waals surface area contributed by atoms with Gasteiger partial charge >= 0.3 is 0 Å². The predicted octanol–water partition coefficient (Wildman–Crippen LogP) is 7.56. The Kier molecular flexibility index (Phi) is 10.6. The van der Waals surface area contributed by atoms with E-state index in [1.165, 1.54) is 22.5 Å². The summed E-state index contributed by atoms with van der Waals surface area (Å²) in [7, 11) is -6.47. The number of halogens is 2. The Balaban J connectivity index is 1.26. The fourth-order valence-corrected chi connectivity index (χ4v) is 15.4. The normalized spacial score (nSPS) is 18.0. The van der Waals surface area contributed by atoms with E-state index in [1.807, 2.05) is 39.0 Å². The molecule has 2 atom stereocenters. The maximum Gasteiger partial charge on any atom is 0.261 e. The molecule has 0 aliphatic carbocycles. The number of hydrogen-bond acceptors (Lipinski definition) is 6. The minimum atomic E-state index is -3.66. The summed E-state index contributed by atoms with van der Waals surface area (Å²) >= 11 is 6.32. The van der Waals surface area contributed by atoms with E-state index in [2.05, 4.69) is 78.6 Å². The van der Waals surface area contributed by atoms with Gasteiger partial charge in [0.05, 0.1) is 32.9 Å². The molecular weight excluding hydrogens is 751 g/mol. The average molecular weight is 802 g/mol. The molecule has 2 bridgehead atoms. The smallest absolute Gasteiger partial charge is 0.261 e. The van der Waals surface area contributed by atoms with Crippen molar-refractivity contribution in [3.05, 3.63) is 119 Å². The molecule has 8 nitrogen and oxygen atoms in total. The molecule has 290 valence electrons. The van der Waals surface area contributed by atoms with Crippen LogP contribution in [0.25, 0.3) is 5.52 Å². The fourth-order valence-electron chi connectivity index (χ4n) is 8.68. The van der Waals surface area contributed by atoms with Gasteiger partial charge in [0.1, 0.15) is 17.5 Å². The van der Waals surface area contributed by atoms with E-state index < -0.39 is 29.4 Å². The minimum Gasteiger partial charge on any atom is -0.407 e. The van der Waals surface area contributed by atoms with Gasteiger partial charge in [-0.2, -0.15) is 0 Å². The summed E-state index contributed by atoms with van der Waals surface area (Å²) < 4.78 is 51.1. The molecule has 2 aliphatic rings. The molecule has 3 aromatic carbocycles. The van der Waals surface area contributed by atoms with Crippen molar-refractivity contribution in [2.45, 2.75) is 82.8 Å². The Labute approximate surface area is 330 Å². The van der Waals surface area contributed by atoms with Crippen LogP contribution < -0.4 is 15.3 Å². The summed E-state index contributed by atoms with van der Waals surface area (Å²) in [6.07, 6.45) is 3.91. The number of fused-ring (bicyclic) bond motifs is 3. The molecule has 4 heterocycles. The molecule has 5 aromatic rings. The number of carbonyl (C=O) groups is 1. The van der Waals surface area contributed by atoms with Crippen molar-refractivity contribution < 1.29 is 22.0 Å². The first-order chi connectivity index (χ1) is 26.0. The average Bonchev–Trinajstić information content (AvgIpc) is 3.65. The number of amides is 1. The van der Waals surface area contributed by atoms with Crippen molar-refractivity contribution in [1.82, 2.24) is 14.3 Å². The van der Waals surface area contributed by atoms with E-state index in [4.69, 9.17) is 21.0 Å². The molecule has 7 rings (SSSR count). The van der Waals surface area contributed by atoms with E-state index in [0.29, 0.717) is 31.6 Å². The van der Waals surface area contributed by atoms with Crippen LogP contribution in [0.5, 0.6) is 0 Å². The van der Waals surface area contributed by atoms with Crippen molar-refractivity contribution in [3.63, 3.8) is 0 Å². The third kappa shape index (κ3) is 7.60. The highest BCUT2D eigenvalue weighted by Crippen LogP contribution is 2.40. The summed E-state index contributed by atoms with van der Waals surface area (Å²) in [5.41, 5.74) is 0.523. The van der Waals surface area contributed by atoms with Gasteiger partial charge in [-0.25, -0.2) is 17.8 Å². The minimum absolute atomic E-state index is 0.00347. The first-order valence-electron chi connectivity index (χ1n) is 19.0. The number of aromatic nitrogens is 2. The number of pyridine rings is 1. The van der Waals surface area contributed by atoms with Crippen LogP contribution in [0.3, 0.4) is 0 Å². The molecule has 2 aromatic heterocycles. The van der Waals surface area contributed by atoms with Crippen molar-refractivity contribution in [1.29, 1.82) is 0 Å². The number of nitrogens with zero attached hydrogens (tertiary/aromatic N) is 4. The van der Waals surface area contributed by atoms with Gasteiger partial charge in [0.25, 0.3) is 14.2 Å². The lowest BCUT2D eigenvalue weighted by Gasteiger charge is -2.43. The second kappa shape index (κ2) is 14.8. The first kappa shape index (κ1) is 39.2. The molecule has 2 aliphatic heterocycles. The fraction of sp³-hybridized carbons (Fsp3) is 0.395. The molecule has 0 radical (unpaired) electrons. The molecular formula is C43H50ClFN4O4SSi. The zero-order chi connectivity index (χ0) is 39.3. The van der Waals surface area contributed by atoms with Crippen LogP contribution in [0.1, 0.15) is 70.6 Å². The number of piperazine rings is 1. The Morgan fingerprint density at radius 3 is 2.04 bits per heavy atom. The molecule has 55 heavy (non-hydrogen) atoms. The second-order valence-corrected chi connectivity index (χ2v) is 23.9. The highest BCUT2D eigenvalue weighted by Gasteiger charge is 2.50.